The van der Waals surface area contributed by atoms with Crippen molar-refractivity contribution in [1.29, 1.82) is 0 Å². The number of pyridine rings is 1. The third kappa shape index (κ3) is 2.47. The number of rotatable bonds is 4. The van der Waals surface area contributed by atoms with E-state index < -0.39 is 12.2 Å². The lowest BCUT2D eigenvalue weighted by molar-refractivity contribution is 0.00484. The summed E-state index contributed by atoms with van der Waals surface area (Å²) < 4.78 is 0. The summed E-state index contributed by atoms with van der Waals surface area (Å²) in [4.78, 5) is 4.00. The fourth-order valence-electron chi connectivity index (χ4n) is 1.91. The van der Waals surface area contributed by atoms with E-state index in [4.69, 9.17) is 16.7 Å². The normalized spacial score (nSPS) is 14.7. The summed E-state index contributed by atoms with van der Waals surface area (Å²) in [6.07, 6.45) is -0.554. The minimum atomic E-state index is -1.09. The SMILES string of the molecule is OCCC(O)C(O)c1cnc(Cl)c2ccccc12. The zero-order valence-electron chi connectivity index (χ0n) is 9.62. The number of aliphatic hydroxyl groups excluding tert-OH is 3. The highest BCUT2D eigenvalue weighted by molar-refractivity contribution is 6.34. The lowest BCUT2D eigenvalue weighted by Gasteiger charge is -2.18. The monoisotopic (exact) mass is 267 g/mol. The van der Waals surface area contributed by atoms with Crippen LogP contribution in [0.1, 0.15) is 18.1 Å². The van der Waals surface area contributed by atoms with Crippen molar-refractivity contribution in [2.45, 2.75) is 18.6 Å². The van der Waals surface area contributed by atoms with Gasteiger partial charge in [0, 0.05) is 23.8 Å². The van der Waals surface area contributed by atoms with Crippen molar-refractivity contribution in [1.82, 2.24) is 4.98 Å². The Labute approximate surface area is 109 Å². The first-order chi connectivity index (χ1) is 8.65. The molecule has 0 aliphatic rings. The fraction of sp³-hybridized carbons (Fsp3) is 0.308. The molecule has 0 saturated carbocycles. The Morgan fingerprint density at radius 2 is 1.83 bits per heavy atom. The van der Waals surface area contributed by atoms with E-state index >= 15 is 0 Å². The molecule has 0 saturated heterocycles. The third-order valence-corrected chi connectivity index (χ3v) is 3.19. The van der Waals surface area contributed by atoms with Gasteiger partial charge in [0.15, 0.2) is 0 Å². The van der Waals surface area contributed by atoms with Crippen LogP contribution in [-0.2, 0) is 0 Å². The van der Waals surface area contributed by atoms with Crippen LogP contribution in [0.15, 0.2) is 30.5 Å². The van der Waals surface area contributed by atoms with Crippen molar-refractivity contribution < 1.29 is 15.3 Å². The largest absolute Gasteiger partial charge is 0.396 e. The summed E-state index contributed by atoms with van der Waals surface area (Å²) in [7, 11) is 0. The lowest BCUT2D eigenvalue weighted by atomic mass is 9.99. The Morgan fingerprint density at radius 1 is 1.17 bits per heavy atom. The van der Waals surface area contributed by atoms with Gasteiger partial charge in [-0.2, -0.15) is 0 Å². The molecule has 1 aromatic carbocycles. The second-order valence-electron chi connectivity index (χ2n) is 4.07. The highest BCUT2D eigenvalue weighted by Gasteiger charge is 2.20. The molecule has 0 radical (unpaired) electrons. The number of hydrogen-bond donors (Lipinski definition) is 3. The summed E-state index contributed by atoms with van der Waals surface area (Å²) in [5, 5.41) is 30.4. The summed E-state index contributed by atoms with van der Waals surface area (Å²) in [5.41, 5.74) is 0.510. The van der Waals surface area contributed by atoms with E-state index in [0.717, 1.165) is 10.8 Å². The molecule has 0 bridgehead atoms. The van der Waals surface area contributed by atoms with Crippen molar-refractivity contribution >= 4 is 22.4 Å². The van der Waals surface area contributed by atoms with E-state index in [-0.39, 0.29) is 13.0 Å². The molecule has 18 heavy (non-hydrogen) atoms. The summed E-state index contributed by atoms with van der Waals surface area (Å²) in [6.45, 7) is -0.183. The Hall–Kier alpha value is -1.20. The van der Waals surface area contributed by atoms with Gasteiger partial charge in [-0.05, 0) is 11.8 Å². The molecular weight excluding hydrogens is 254 g/mol. The second-order valence-corrected chi connectivity index (χ2v) is 4.43. The predicted octanol–water partition coefficient (Wildman–Crippen LogP) is 1.66. The first-order valence-corrected chi connectivity index (χ1v) is 6.03. The van der Waals surface area contributed by atoms with E-state index in [2.05, 4.69) is 4.98 Å². The molecule has 2 aromatic rings. The van der Waals surface area contributed by atoms with E-state index in [1.165, 1.54) is 6.20 Å². The van der Waals surface area contributed by atoms with Gasteiger partial charge in [0.05, 0.1) is 6.10 Å². The van der Waals surface area contributed by atoms with Crippen LogP contribution < -0.4 is 0 Å². The van der Waals surface area contributed by atoms with Crippen LogP contribution in [0.5, 0.6) is 0 Å². The van der Waals surface area contributed by atoms with E-state index in [1.54, 1.807) is 6.07 Å². The maximum atomic E-state index is 10.1. The van der Waals surface area contributed by atoms with Gasteiger partial charge in [-0.3, -0.25) is 0 Å². The van der Waals surface area contributed by atoms with Crippen LogP contribution >= 0.6 is 11.6 Å². The fourth-order valence-corrected chi connectivity index (χ4v) is 2.13. The van der Waals surface area contributed by atoms with Crippen LogP contribution in [0.25, 0.3) is 10.8 Å². The zero-order chi connectivity index (χ0) is 13.1. The smallest absolute Gasteiger partial charge is 0.136 e. The molecule has 4 nitrogen and oxygen atoms in total. The Morgan fingerprint density at radius 3 is 2.50 bits per heavy atom. The minimum absolute atomic E-state index is 0.109. The van der Waals surface area contributed by atoms with Gasteiger partial charge in [-0.1, -0.05) is 35.9 Å². The molecule has 1 aromatic heterocycles. The van der Waals surface area contributed by atoms with Gasteiger partial charge in [0.25, 0.3) is 0 Å². The van der Waals surface area contributed by atoms with Gasteiger partial charge >= 0.3 is 0 Å². The molecule has 96 valence electrons. The van der Waals surface area contributed by atoms with Gasteiger partial charge in [0.1, 0.15) is 11.3 Å². The number of hydrogen-bond acceptors (Lipinski definition) is 4. The van der Waals surface area contributed by atoms with Crippen molar-refractivity contribution in [2.24, 2.45) is 0 Å². The summed E-state index contributed by atoms with van der Waals surface area (Å²) in [5.74, 6) is 0. The molecule has 2 rings (SSSR count). The topological polar surface area (TPSA) is 73.6 Å². The van der Waals surface area contributed by atoms with Crippen molar-refractivity contribution in [3.05, 3.63) is 41.2 Å². The molecule has 3 N–H and O–H groups in total. The van der Waals surface area contributed by atoms with Gasteiger partial charge in [-0.15, -0.1) is 0 Å². The Balaban J connectivity index is 2.48. The second kappa shape index (κ2) is 5.63. The van der Waals surface area contributed by atoms with E-state index in [1.807, 2.05) is 18.2 Å². The molecule has 0 aliphatic heterocycles. The van der Waals surface area contributed by atoms with Gasteiger partial charge < -0.3 is 15.3 Å². The molecule has 0 aliphatic carbocycles. The average molecular weight is 268 g/mol. The predicted molar refractivity (Wildman–Crippen MR) is 69.4 cm³/mol. The zero-order valence-corrected chi connectivity index (χ0v) is 10.4. The number of nitrogens with zero attached hydrogens (tertiary/aromatic N) is 1. The van der Waals surface area contributed by atoms with E-state index in [9.17, 15) is 10.2 Å². The van der Waals surface area contributed by atoms with Crippen molar-refractivity contribution in [3.63, 3.8) is 0 Å². The first-order valence-electron chi connectivity index (χ1n) is 5.65. The highest BCUT2D eigenvalue weighted by Crippen LogP contribution is 2.29. The molecule has 2 atom stereocenters. The average Bonchev–Trinajstić information content (AvgIpc) is 2.39. The van der Waals surface area contributed by atoms with Crippen LogP contribution in [0.3, 0.4) is 0 Å². The molecular formula is C13H14ClNO3. The first kappa shape index (κ1) is 13.2. The lowest BCUT2D eigenvalue weighted by Crippen LogP contribution is -2.20. The summed E-state index contributed by atoms with van der Waals surface area (Å²) >= 11 is 5.98. The number of benzene rings is 1. The molecule has 5 heteroatoms. The third-order valence-electron chi connectivity index (χ3n) is 2.89. The van der Waals surface area contributed by atoms with E-state index in [0.29, 0.717) is 10.7 Å². The molecule has 0 amide bonds. The highest BCUT2D eigenvalue weighted by atomic mass is 35.5. The van der Waals surface area contributed by atoms with Crippen LogP contribution in [0.2, 0.25) is 5.15 Å². The van der Waals surface area contributed by atoms with Gasteiger partial charge in [-0.25, -0.2) is 4.98 Å². The van der Waals surface area contributed by atoms with Crippen LogP contribution in [-0.4, -0.2) is 33.0 Å². The van der Waals surface area contributed by atoms with Crippen LogP contribution in [0, 0.1) is 0 Å². The molecule has 0 spiro atoms. The van der Waals surface area contributed by atoms with Gasteiger partial charge in [0.2, 0.25) is 0 Å². The van der Waals surface area contributed by atoms with Crippen LogP contribution in [0.4, 0.5) is 0 Å². The standard InChI is InChI=1S/C13H14ClNO3/c14-13-9-4-2-1-3-8(9)10(7-15-13)12(18)11(17)5-6-16/h1-4,7,11-12,16-18H,5-6H2. The maximum absolute atomic E-state index is 10.1. The Kier molecular flexibility index (Phi) is 4.14. The maximum Gasteiger partial charge on any atom is 0.136 e. The minimum Gasteiger partial charge on any atom is -0.396 e. The van der Waals surface area contributed by atoms with Crippen molar-refractivity contribution in [3.8, 4) is 0 Å². The quantitative estimate of drug-likeness (QED) is 0.737. The molecule has 2 unspecified atom stereocenters. The summed E-state index contributed by atoms with van der Waals surface area (Å²) in [6, 6.07) is 7.27. The number of aliphatic hydroxyl groups is 3. The number of halogens is 1. The number of fused-ring (bicyclic) bond motifs is 1. The number of aromatic nitrogens is 1. The molecule has 1 heterocycles. The van der Waals surface area contributed by atoms with Crippen molar-refractivity contribution in [2.75, 3.05) is 6.61 Å². The molecule has 0 fully saturated rings. The Bertz CT molecular complexity index is 547.